The van der Waals surface area contributed by atoms with Crippen molar-refractivity contribution in [3.8, 4) is 0 Å². The molecular weight excluding hydrogens is 533 g/mol. The minimum absolute atomic E-state index is 0.0178. The lowest BCUT2D eigenvalue weighted by Crippen LogP contribution is -2.19. The summed E-state index contributed by atoms with van der Waals surface area (Å²) in [5.41, 5.74) is 1.22. The molecular formula is C23H14Cl5FN2O2. The van der Waals surface area contributed by atoms with E-state index in [4.69, 9.17) is 58.0 Å². The Bertz CT molecular complexity index is 1230. The number of amides is 1. The Morgan fingerprint density at radius 3 is 2.24 bits per heavy atom. The molecule has 170 valence electrons. The lowest BCUT2D eigenvalue weighted by Gasteiger charge is -2.08. The summed E-state index contributed by atoms with van der Waals surface area (Å²) in [6, 6.07) is 13.3. The van der Waals surface area contributed by atoms with Crippen LogP contribution in [0.2, 0.25) is 15.1 Å². The molecule has 2 atom stereocenters. The highest BCUT2D eigenvalue weighted by atomic mass is 35.5. The average Bonchev–Trinajstić information content (AvgIpc) is 3.32. The lowest BCUT2D eigenvalue weighted by atomic mass is 10.1. The van der Waals surface area contributed by atoms with E-state index < -0.39 is 27.9 Å². The summed E-state index contributed by atoms with van der Waals surface area (Å²) in [6.45, 7) is 0. The molecule has 4 rings (SSSR count). The number of nitrogens with one attached hydrogen (secondary N) is 1. The van der Waals surface area contributed by atoms with Crippen LogP contribution in [0.5, 0.6) is 0 Å². The normalized spacial score (nSPS) is 18.6. The molecule has 1 heterocycles. The molecule has 0 spiro atoms. The number of ketones is 1. The van der Waals surface area contributed by atoms with Gasteiger partial charge in [-0.15, -0.1) is 23.2 Å². The number of halogens is 6. The van der Waals surface area contributed by atoms with Gasteiger partial charge in [0.05, 0.1) is 10.9 Å². The van der Waals surface area contributed by atoms with Crippen LogP contribution in [-0.4, -0.2) is 21.0 Å². The molecule has 2 aromatic carbocycles. The number of rotatable bonds is 6. The highest BCUT2D eigenvalue weighted by molar-refractivity contribution is 6.53. The maximum atomic E-state index is 13.1. The summed E-state index contributed by atoms with van der Waals surface area (Å²) in [4.78, 5) is 29.8. The number of benzene rings is 2. The third-order valence-corrected chi connectivity index (χ3v) is 6.90. The number of pyridine rings is 1. The first-order valence-electron chi connectivity index (χ1n) is 9.65. The number of hydrogen-bond acceptors (Lipinski definition) is 3. The van der Waals surface area contributed by atoms with Crippen molar-refractivity contribution in [1.29, 1.82) is 0 Å². The topological polar surface area (TPSA) is 59.1 Å². The Balaban J connectivity index is 1.50. The summed E-state index contributed by atoms with van der Waals surface area (Å²) in [6.07, 6.45) is -0.0307. The van der Waals surface area contributed by atoms with Crippen molar-refractivity contribution in [1.82, 2.24) is 4.98 Å². The summed E-state index contributed by atoms with van der Waals surface area (Å²) < 4.78 is 11.7. The third-order valence-electron chi connectivity index (χ3n) is 5.22. The van der Waals surface area contributed by atoms with Crippen LogP contribution in [0.3, 0.4) is 0 Å². The van der Waals surface area contributed by atoms with Crippen LogP contribution in [-0.2, 0) is 11.2 Å². The van der Waals surface area contributed by atoms with Crippen LogP contribution in [0, 0.1) is 11.7 Å². The van der Waals surface area contributed by atoms with Crippen LogP contribution in [0.15, 0.2) is 54.6 Å². The van der Waals surface area contributed by atoms with E-state index in [1.807, 2.05) is 0 Å². The van der Waals surface area contributed by atoms with Crippen molar-refractivity contribution in [2.75, 3.05) is 5.32 Å². The Morgan fingerprint density at radius 2 is 1.61 bits per heavy atom. The Morgan fingerprint density at radius 1 is 0.970 bits per heavy atom. The molecule has 1 N–H and O–H groups in total. The number of aromatic nitrogens is 1. The molecule has 10 heteroatoms. The summed E-state index contributed by atoms with van der Waals surface area (Å²) >= 11 is 31.0. The zero-order chi connectivity index (χ0) is 23.9. The number of alkyl halides is 2. The summed E-state index contributed by atoms with van der Waals surface area (Å²) in [5, 5.41) is 3.56. The van der Waals surface area contributed by atoms with Crippen LogP contribution in [0.4, 0.5) is 10.2 Å². The van der Waals surface area contributed by atoms with Gasteiger partial charge in [-0.1, -0.05) is 46.9 Å². The molecule has 1 saturated carbocycles. The van der Waals surface area contributed by atoms with Gasteiger partial charge in [0.2, 0.25) is 5.91 Å². The van der Waals surface area contributed by atoms with Crippen LogP contribution in [0.25, 0.3) is 0 Å². The van der Waals surface area contributed by atoms with Crippen molar-refractivity contribution in [2.45, 2.75) is 16.7 Å². The van der Waals surface area contributed by atoms with E-state index in [9.17, 15) is 14.0 Å². The molecule has 4 nitrogen and oxygen atoms in total. The molecule has 3 aromatic rings. The van der Waals surface area contributed by atoms with Gasteiger partial charge in [0.1, 0.15) is 21.7 Å². The second-order valence-electron chi connectivity index (χ2n) is 7.58. The molecule has 33 heavy (non-hydrogen) atoms. The molecule has 0 bridgehead atoms. The van der Waals surface area contributed by atoms with E-state index >= 15 is 0 Å². The second kappa shape index (κ2) is 9.40. The quantitative estimate of drug-likeness (QED) is 0.264. The van der Waals surface area contributed by atoms with E-state index in [0.29, 0.717) is 21.2 Å². The smallest absolute Gasteiger partial charge is 0.232 e. The molecule has 1 aromatic heterocycles. The van der Waals surface area contributed by atoms with Gasteiger partial charge in [-0.2, -0.15) is 0 Å². The predicted molar refractivity (Wildman–Crippen MR) is 129 cm³/mol. The van der Waals surface area contributed by atoms with Crippen molar-refractivity contribution >= 4 is 75.5 Å². The van der Waals surface area contributed by atoms with Gasteiger partial charge in [0.15, 0.2) is 5.78 Å². The lowest BCUT2D eigenvalue weighted by molar-refractivity contribution is -0.117. The van der Waals surface area contributed by atoms with Crippen molar-refractivity contribution in [3.63, 3.8) is 0 Å². The van der Waals surface area contributed by atoms with Gasteiger partial charge in [0.25, 0.3) is 0 Å². The number of hydrogen-bond donors (Lipinski definition) is 1. The number of carbonyl (C=O) groups excluding carboxylic acids is 2. The number of nitrogens with zero attached hydrogens (tertiary/aromatic N) is 1. The average molecular weight is 547 g/mol. The van der Waals surface area contributed by atoms with Gasteiger partial charge < -0.3 is 5.32 Å². The van der Waals surface area contributed by atoms with Gasteiger partial charge in [-0.3, -0.25) is 9.59 Å². The van der Waals surface area contributed by atoms with E-state index in [2.05, 4.69) is 10.3 Å². The molecule has 0 aliphatic heterocycles. The van der Waals surface area contributed by atoms with Crippen LogP contribution >= 0.6 is 58.0 Å². The summed E-state index contributed by atoms with van der Waals surface area (Å²) in [7, 11) is 0. The minimum atomic E-state index is -1.36. The highest BCUT2D eigenvalue weighted by Gasteiger charge is 2.67. The van der Waals surface area contributed by atoms with E-state index in [1.54, 1.807) is 18.2 Å². The van der Waals surface area contributed by atoms with Gasteiger partial charge in [0, 0.05) is 22.4 Å². The maximum absolute atomic E-state index is 13.1. The van der Waals surface area contributed by atoms with Crippen LogP contribution in [0.1, 0.15) is 27.5 Å². The van der Waals surface area contributed by atoms with Crippen molar-refractivity contribution in [2.24, 2.45) is 5.92 Å². The number of Topliss-reactive ketones (excluding diaryl/α,β-unsaturated/α-hetero) is 1. The predicted octanol–water partition coefficient (Wildman–Crippen LogP) is 7.13. The van der Waals surface area contributed by atoms with Crippen molar-refractivity contribution < 1.29 is 14.0 Å². The molecule has 1 aliphatic carbocycles. The fraction of sp³-hybridized carbons (Fsp3) is 0.174. The number of carbonyl (C=O) groups is 2. The monoisotopic (exact) mass is 544 g/mol. The Hall–Kier alpha value is -1.89. The minimum Gasteiger partial charge on any atom is -0.310 e. The fourth-order valence-corrected chi connectivity index (χ4v) is 5.19. The largest absolute Gasteiger partial charge is 0.310 e. The van der Waals surface area contributed by atoms with E-state index in [-0.39, 0.29) is 28.7 Å². The second-order valence-corrected chi connectivity index (χ2v) is 10.3. The molecule has 0 radical (unpaired) electrons. The highest BCUT2D eigenvalue weighted by Crippen LogP contribution is 2.65. The zero-order valence-corrected chi connectivity index (χ0v) is 20.4. The molecule has 1 amide bonds. The molecule has 0 saturated heterocycles. The van der Waals surface area contributed by atoms with Gasteiger partial charge >= 0.3 is 0 Å². The number of anilines is 1. The summed E-state index contributed by atoms with van der Waals surface area (Å²) in [5.74, 6) is -2.46. The zero-order valence-electron chi connectivity index (χ0n) is 16.6. The standard InChI is InChI=1S/C23H14Cl5FN2O2/c24-13-8-12(9-14(25)10-13)19-20(23(19,27)28)22(33)31-18-6-5-16(26)21(30-18)17(32)7-11-1-3-15(29)4-2-11/h1-6,8-10,19-20H,7H2,(H,30,31,33). The van der Waals surface area contributed by atoms with E-state index in [1.165, 1.54) is 36.4 Å². The molecule has 1 aliphatic rings. The van der Waals surface area contributed by atoms with Gasteiger partial charge in [-0.25, -0.2) is 9.37 Å². The van der Waals surface area contributed by atoms with E-state index in [0.717, 1.165) is 0 Å². The Labute approximate surface area is 214 Å². The first-order valence-corrected chi connectivity index (χ1v) is 11.5. The molecule has 1 fully saturated rings. The van der Waals surface area contributed by atoms with Crippen molar-refractivity contribution in [3.05, 3.63) is 92.3 Å². The maximum Gasteiger partial charge on any atom is 0.232 e. The van der Waals surface area contributed by atoms with Crippen LogP contribution < -0.4 is 5.32 Å². The first-order chi connectivity index (χ1) is 15.6. The third kappa shape index (κ3) is 5.28. The molecule has 2 unspecified atom stereocenters. The van der Waals surface area contributed by atoms with Gasteiger partial charge in [-0.05, 0) is 53.6 Å². The first kappa shape index (κ1) is 24.2. The fourth-order valence-electron chi connectivity index (χ4n) is 3.61. The SMILES string of the molecule is O=C(Cc1ccc(F)cc1)c1nc(NC(=O)C2C(c3cc(Cl)cc(Cl)c3)C2(Cl)Cl)ccc1Cl. The Kier molecular flexibility index (Phi) is 6.90.